The van der Waals surface area contributed by atoms with Gasteiger partial charge in [0.25, 0.3) is 0 Å². The maximum atomic E-state index is 13.0. The standard InChI is InChI=1S/C9H6F2O2/c10-7-3-8(11)6(4-12)9-5(7)1-2-13-9/h3-4H,1-2H2. The van der Waals surface area contributed by atoms with Crippen LogP contribution in [0.1, 0.15) is 15.9 Å². The molecule has 0 aromatic heterocycles. The van der Waals surface area contributed by atoms with Gasteiger partial charge in [0.05, 0.1) is 12.2 Å². The average molecular weight is 184 g/mol. The molecular weight excluding hydrogens is 178 g/mol. The summed E-state index contributed by atoms with van der Waals surface area (Å²) in [5.74, 6) is -1.45. The minimum atomic E-state index is -0.867. The molecule has 1 aliphatic rings. The van der Waals surface area contributed by atoms with Gasteiger partial charge in [-0.05, 0) is 0 Å². The molecule has 4 heteroatoms. The van der Waals surface area contributed by atoms with E-state index in [1.165, 1.54) is 0 Å². The van der Waals surface area contributed by atoms with Crippen LogP contribution in [0.2, 0.25) is 0 Å². The lowest BCUT2D eigenvalue weighted by molar-refractivity contribution is 0.111. The zero-order chi connectivity index (χ0) is 9.42. The fourth-order valence-corrected chi connectivity index (χ4v) is 1.42. The number of carbonyl (C=O) groups excluding carboxylic acids is 1. The minimum Gasteiger partial charge on any atom is -0.492 e. The van der Waals surface area contributed by atoms with E-state index >= 15 is 0 Å². The summed E-state index contributed by atoms with van der Waals surface area (Å²) in [5, 5.41) is 0. The number of carbonyl (C=O) groups is 1. The van der Waals surface area contributed by atoms with Gasteiger partial charge in [0.15, 0.2) is 6.29 Å². The van der Waals surface area contributed by atoms with E-state index in [0.717, 1.165) is 6.07 Å². The summed E-state index contributed by atoms with van der Waals surface area (Å²) in [7, 11) is 0. The van der Waals surface area contributed by atoms with Crippen LogP contribution in [0, 0.1) is 11.6 Å². The Labute approximate surface area is 73.1 Å². The van der Waals surface area contributed by atoms with Crippen LogP contribution in [-0.4, -0.2) is 12.9 Å². The summed E-state index contributed by atoms with van der Waals surface area (Å²) in [5.41, 5.74) is 0.109. The lowest BCUT2D eigenvalue weighted by Crippen LogP contribution is -1.96. The predicted octanol–water partition coefficient (Wildman–Crippen LogP) is 1.71. The second kappa shape index (κ2) is 2.80. The molecule has 2 nitrogen and oxygen atoms in total. The molecular formula is C9H6F2O2. The first-order valence-corrected chi connectivity index (χ1v) is 3.83. The number of hydrogen-bond donors (Lipinski definition) is 0. The van der Waals surface area contributed by atoms with E-state index in [1.807, 2.05) is 0 Å². The third-order valence-corrected chi connectivity index (χ3v) is 2.03. The molecule has 0 unspecified atom stereocenters. The summed E-state index contributed by atoms with van der Waals surface area (Å²) in [6.07, 6.45) is 0.737. The van der Waals surface area contributed by atoms with Gasteiger partial charge in [-0.2, -0.15) is 0 Å². The van der Waals surface area contributed by atoms with Crippen molar-refractivity contribution in [1.82, 2.24) is 0 Å². The zero-order valence-electron chi connectivity index (χ0n) is 6.64. The van der Waals surface area contributed by atoms with Crippen LogP contribution in [0.3, 0.4) is 0 Å². The highest BCUT2D eigenvalue weighted by atomic mass is 19.1. The molecule has 1 heterocycles. The Morgan fingerprint density at radius 2 is 2.15 bits per heavy atom. The van der Waals surface area contributed by atoms with Gasteiger partial charge in [0, 0.05) is 18.1 Å². The molecule has 1 aromatic rings. The molecule has 0 atom stereocenters. The van der Waals surface area contributed by atoms with Gasteiger partial charge in [-0.25, -0.2) is 8.78 Å². The molecule has 2 rings (SSSR count). The number of halogens is 2. The Morgan fingerprint density at radius 3 is 2.85 bits per heavy atom. The van der Waals surface area contributed by atoms with E-state index in [-0.39, 0.29) is 11.3 Å². The number of benzene rings is 1. The minimum absolute atomic E-state index is 0.0625. The molecule has 1 aromatic carbocycles. The summed E-state index contributed by atoms with van der Waals surface area (Å²) < 4.78 is 31.0. The summed E-state index contributed by atoms with van der Waals surface area (Å²) >= 11 is 0. The van der Waals surface area contributed by atoms with Crippen molar-refractivity contribution in [2.75, 3.05) is 6.61 Å². The van der Waals surface area contributed by atoms with Crippen LogP contribution in [0.4, 0.5) is 8.78 Å². The van der Waals surface area contributed by atoms with Gasteiger partial charge in [-0.1, -0.05) is 0 Å². The Hall–Kier alpha value is -1.45. The number of rotatable bonds is 1. The number of hydrogen-bond acceptors (Lipinski definition) is 2. The Balaban J connectivity index is 2.71. The Bertz CT molecular complexity index is 374. The molecule has 0 radical (unpaired) electrons. The molecule has 0 N–H and O–H groups in total. The highest BCUT2D eigenvalue weighted by Gasteiger charge is 2.23. The molecule has 0 amide bonds. The monoisotopic (exact) mass is 184 g/mol. The topological polar surface area (TPSA) is 26.3 Å². The van der Waals surface area contributed by atoms with Crippen LogP contribution in [-0.2, 0) is 6.42 Å². The van der Waals surface area contributed by atoms with Crippen molar-refractivity contribution in [2.45, 2.75) is 6.42 Å². The van der Waals surface area contributed by atoms with Crippen molar-refractivity contribution >= 4 is 6.29 Å². The molecule has 1 aliphatic heterocycles. The van der Waals surface area contributed by atoms with Gasteiger partial charge in [-0.3, -0.25) is 4.79 Å². The maximum Gasteiger partial charge on any atom is 0.156 e. The first-order valence-electron chi connectivity index (χ1n) is 3.83. The largest absolute Gasteiger partial charge is 0.492 e. The van der Waals surface area contributed by atoms with E-state index in [2.05, 4.69) is 0 Å². The van der Waals surface area contributed by atoms with Crippen molar-refractivity contribution in [2.24, 2.45) is 0 Å². The third kappa shape index (κ3) is 1.09. The number of ether oxygens (including phenoxy) is 1. The van der Waals surface area contributed by atoms with E-state index in [0.29, 0.717) is 24.9 Å². The first kappa shape index (κ1) is 8.16. The maximum absolute atomic E-state index is 13.0. The second-order valence-electron chi connectivity index (χ2n) is 2.78. The van der Waals surface area contributed by atoms with Crippen LogP contribution < -0.4 is 4.74 Å². The molecule has 0 aliphatic carbocycles. The normalized spacial score (nSPS) is 13.7. The van der Waals surface area contributed by atoms with Crippen LogP contribution in [0.25, 0.3) is 0 Å². The smallest absolute Gasteiger partial charge is 0.156 e. The molecule has 0 saturated carbocycles. The highest BCUT2D eigenvalue weighted by molar-refractivity contribution is 5.81. The number of aldehydes is 1. The van der Waals surface area contributed by atoms with E-state index < -0.39 is 11.6 Å². The first-order chi connectivity index (χ1) is 6.24. The predicted molar refractivity (Wildman–Crippen MR) is 40.9 cm³/mol. The molecule has 0 spiro atoms. The van der Waals surface area contributed by atoms with Gasteiger partial charge < -0.3 is 4.74 Å². The van der Waals surface area contributed by atoms with Crippen LogP contribution >= 0.6 is 0 Å². The SMILES string of the molecule is O=Cc1c(F)cc(F)c2c1OCC2. The Morgan fingerprint density at radius 1 is 1.38 bits per heavy atom. The van der Waals surface area contributed by atoms with Crippen molar-refractivity contribution < 1.29 is 18.3 Å². The van der Waals surface area contributed by atoms with Gasteiger partial charge in [-0.15, -0.1) is 0 Å². The molecule has 0 saturated heterocycles. The summed E-state index contributed by atoms with van der Waals surface area (Å²) in [6, 6.07) is 0.719. The Kier molecular flexibility index (Phi) is 1.76. The average Bonchev–Trinajstić information content (AvgIpc) is 2.53. The second-order valence-corrected chi connectivity index (χ2v) is 2.78. The van der Waals surface area contributed by atoms with Crippen molar-refractivity contribution in [3.8, 4) is 5.75 Å². The lowest BCUT2D eigenvalue weighted by Gasteiger charge is -2.03. The van der Waals surface area contributed by atoms with Crippen molar-refractivity contribution in [3.63, 3.8) is 0 Å². The van der Waals surface area contributed by atoms with E-state index in [1.54, 1.807) is 0 Å². The lowest BCUT2D eigenvalue weighted by atomic mass is 10.1. The molecule has 0 bridgehead atoms. The highest BCUT2D eigenvalue weighted by Crippen LogP contribution is 2.32. The van der Waals surface area contributed by atoms with Gasteiger partial charge >= 0.3 is 0 Å². The van der Waals surface area contributed by atoms with Crippen molar-refractivity contribution in [1.29, 1.82) is 0 Å². The zero-order valence-corrected chi connectivity index (χ0v) is 6.64. The number of fused-ring (bicyclic) bond motifs is 1. The fraction of sp³-hybridized carbons (Fsp3) is 0.222. The van der Waals surface area contributed by atoms with Crippen molar-refractivity contribution in [3.05, 3.63) is 28.8 Å². The quantitative estimate of drug-likeness (QED) is 0.621. The van der Waals surface area contributed by atoms with E-state index in [4.69, 9.17) is 4.74 Å². The molecule has 68 valence electrons. The van der Waals surface area contributed by atoms with Crippen LogP contribution in [0.15, 0.2) is 6.07 Å². The summed E-state index contributed by atoms with van der Waals surface area (Å²) in [6.45, 7) is 0.302. The van der Waals surface area contributed by atoms with E-state index in [9.17, 15) is 13.6 Å². The van der Waals surface area contributed by atoms with Gasteiger partial charge in [0.2, 0.25) is 0 Å². The molecule has 0 fully saturated rings. The summed E-state index contributed by atoms with van der Waals surface area (Å²) in [4.78, 5) is 10.5. The fourth-order valence-electron chi connectivity index (χ4n) is 1.42. The van der Waals surface area contributed by atoms with Crippen LogP contribution in [0.5, 0.6) is 5.75 Å². The third-order valence-electron chi connectivity index (χ3n) is 2.03. The molecule has 13 heavy (non-hydrogen) atoms. The van der Waals surface area contributed by atoms with Gasteiger partial charge in [0.1, 0.15) is 17.4 Å².